The van der Waals surface area contributed by atoms with Crippen LogP contribution in [0.1, 0.15) is 21.6 Å². The van der Waals surface area contributed by atoms with Gasteiger partial charge in [0.15, 0.2) is 0 Å². The Labute approximate surface area is 164 Å². The summed E-state index contributed by atoms with van der Waals surface area (Å²) >= 11 is 1.50. The predicted molar refractivity (Wildman–Crippen MR) is 110 cm³/mol. The fourth-order valence-corrected chi connectivity index (χ4v) is 3.45. The summed E-state index contributed by atoms with van der Waals surface area (Å²) in [5, 5.41) is 2.72. The van der Waals surface area contributed by atoms with Gasteiger partial charge in [0, 0.05) is 43.0 Å². The molecule has 3 aromatic rings. The summed E-state index contributed by atoms with van der Waals surface area (Å²) in [6.45, 7) is 4.01. The van der Waals surface area contributed by atoms with E-state index in [2.05, 4.69) is 33.9 Å². The molecule has 0 bridgehead atoms. The molecule has 0 aliphatic rings. The Balaban J connectivity index is 1.79. The molecule has 5 nitrogen and oxygen atoms in total. The average Bonchev–Trinajstić information content (AvgIpc) is 3.16. The van der Waals surface area contributed by atoms with Gasteiger partial charge in [-0.15, -0.1) is 11.3 Å². The van der Waals surface area contributed by atoms with Crippen LogP contribution in [-0.2, 0) is 6.54 Å². The Morgan fingerprint density at radius 1 is 1.11 bits per heavy atom. The van der Waals surface area contributed by atoms with Crippen molar-refractivity contribution in [2.75, 3.05) is 27.2 Å². The fourth-order valence-electron chi connectivity index (χ4n) is 2.65. The highest BCUT2D eigenvalue weighted by Crippen LogP contribution is 2.24. The molecular weight excluding hydrogens is 356 g/mol. The number of likely N-dealkylation sites (N-methyl/N-ethyl adjacent to an activating group) is 1. The number of hydrogen-bond acceptors (Lipinski definition) is 5. The molecule has 0 spiro atoms. The van der Waals surface area contributed by atoms with Crippen molar-refractivity contribution in [3.8, 4) is 10.6 Å². The van der Waals surface area contributed by atoms with Gasteiger partial charge in [0.1, 0.15) is 10.7 Å². The molecule has 0 atom stereocenters. The minimum Gasteiger partial charge on any atom is -0.332 e. The molecule has 1 amide bonds. The first-order chi connectivity index (χ1) is 13.0. The maximum atomic E-state index is 13.1. The Morgan fingerprint density at radius 2 is 1.89 bits per heavy atom. The topological polar surface area (TPSA) is 49.3 Å². The Morgan fingerprint density at radius 3 is 2.56 bits per heavy atom. The third kappa shape index (κ3) is 5.21. The Bertz CT molecular complexity index is 875. The molecule has 140 valence electrons. The van der Waals surface area contributed by atoms with Crippen LogP contribution in [0.3, 0.4) is 0 Å². The molecule has 0 aliphatic heterocycles. The summed E-state index contributed by atoms with van der Waals surface area (Å²) in [7, 11) is 4.01. The van der Waals surface area contributed by atoms with Gasteiger partial charge in [-0.2, -0.15) is 0 Å². The zero-order valence-corrected chi connectivity index (χ0v) is 16.7. The number of benzene rings is 1. The van der Waals surface area contributed by atoms with Gasteiger partial charge < -0.3 is 9.80 Å². The second-order valence-corrected chi connectivity index (χ2v) is 7.65. The van der Waals surface area contributed by atoms with Crippen molar-refractivity contribution in [1.82, 2.24) is 19.8 Å². The van der Waals surface area contributed by atoms with E-state index in [0.29, 0.717) is 18.8 Å². The quantitative estimate of drug-likeness (QED) is 0.627. The number of amides is 1. The molecule has 0 fully saturated rings. The van der Waals surface area contributed by atoms with Gasteiger partial charge in [-0.1, -0.05) is 35.9 Å². The third-order valence-corrected chi connectivity index (χ3v) is 5.11. The first-order valence-corrected chi connectivity index (χ1v) is 9.76. The SMILES string of the molecule is Cc1ccc(-c2nc(C(=O)N(CCN(C)C)Cc3cccnc3)cs2)cc1. The standard InChI is InChI=1S/C21H24N4OS/c1-16-6-8-18(9-7-16)20-23-19(15-27-20)21(26)25(12-11-24(2)3)14-17-5-4-10-22-13-17/h4-10,13,15H,11-12,14H2,1-3H3. The normalized spacial score (nSPS) is 11.0. The first kappa shape index (κ1) is 19.2. The first-order valence-electron chi connectivity index (χ1n) is 8.88. The van der Waals surface area contributed by atoms with Crippen LogP contribution in [0, 0.1) is 6.92 Å². The highest BCUT2D eigenvalue weighted by atomic mass is 32.1. The van der Waals surface area contributed by atoms with Gasteiger partial charge in [-0.05, 0) is 32.6 Å². The molecular formula is C21H24N4OS. The molecule has 6 heteroatoms. The summed E-state index contributed by atoms with van der Waals surface area (Å²) in [6, 6.07) is 12.1. The summed E-state index contributed by atoms with van der Waals surface area (Å²) in [4.78, 5) is 25.8. The van der Waals surface area contributed by atoms with Gasteiger partial charge in [0.2, 0.25) is 0 Å². The largest absolute Gasteiger partial charge is 0.332 e. The van der Waals surface area contributed by atoms with Gasteiger partial charge in [0.25, 0.3) is 5.91 Å². The van der Waals surface area contributed by atoms with E-state index in [4.69, 9.17) is 0 Å². The van der Waals surface area contributed by atoms with Gasteiger partial charge in [0.05, 0.1) is 0 Å². The molecule has 0 saturated carbocycles. The molecule has 1 aromatic carbocycles. The lowest BCUT2D eigenvalue weighted by molar-refractivity contribution is 0.0727. The van der Waals surface area contributed by atoms with Crippen molar-refractivity contribution >= 4 is 17.2 Å². The van der Waals surface area contributed by atoms with Crippen LogP contribution in [-0.4, -0.2) is 52.9 Å². The number of nitrogens with zero attached hydrogens (tertiary/aromatic N) is 4. The van der Waals surface area contributed by atoms with Crippen molar-refractivity contribution in [1.29, 1.82) is 0 Å². The van der Waals surface area contributed by atoms with E-state index in [1.165, 1.54) is 16.9 Å². The van der Waals surface area contributed by atoms with E-state index in [0.717, 1.165) is 22.7 Å². The molecule has 0 radical (unpaired) electrons. The molecule has 0 unspecified atom stereocenters. The van der Waals surface area contributed by atoms with Crippen molar-refractivity contribution in [2.45, 2.75) is 13.5 Å². The van der Waals surface area contributed by atoms with Crippen LogP contribution in [0.2, 0.25) is 0 Å². The number of aryl methyl sites for hydroxylation is 1. The Hall–Kier alpha value is -2.57. The fraction of sp³-hybridized carbons (Fsp3) is 0.286. The number of hydrogen-bond donors (Lipinski definition) is 0. The zero-order valence-electron chi connectivity index (χ0n) is 15.9. The van der Waals surface area contributed by atoms with E-state index in [1.54, 1.807) is 12.4 Å². The molecule has 0 saturated heterocycles. The van der Waals surface area contributed by atoms with Crippen molar-refractivity contribution in [3.63, 3.8) is 0 Å². The number of pyridine rings is 1. The van der Waals surface area contributed by atoms with Crippen LogP contribution < -0.4 is 0 Å². The number of carbonyl (C=O) groups is 1. The number of rotatable bonds is 7. The predicted octanol–water partition coefficient (Wildman–Crippen LogP) is 3.72. The highest BCUT2D eigenvalue weighted by molar-refractivity contribution is 7.13. The summed E-state index contributed by atoms with van der Waals surface area (Å²) in [5.74, 6) is -0.0460. The highest BCUT2D eigenvalue weighted by Gasteiger charge is 2.20. The van der Waals surface area contributed by atoms with E-state index < -0.39 is 0 Å². The Kier molecular flexibility index (Phi) is 6.32. The molecule has 0 N–H and O–H groups in total. The van der Waals surface area contributed by atoms with Crippen LogP contribution >= 0.6 is 11.3 Å². The lowest BCUT2D eigenvalue weighted by Crippen LogP contribution is -2.36. The third-order valence-electron chi connectivity index (χ3n) is 4.22. The minimum atomic E-state index is -0.0460. The van der Waals surface area contributed by atoms with Gasteiger partial charge in [-0.25, -0.2) is 4.98 Å². The maximum absolute atomic E-state index is 13.1. The smallest absolute Gasteiger partial charge is 0.273 e. The monoisotopic (exact) mass is 380 g/mol. The number of thiazole rings is 1. The minimum absolute atomic E-state index is 0.0460. The number of carbonyl (C=O) groups excluding carboxylic acids is 1. The number of aromatic nitrogens is 2. The van der Waals surface area contributed by atoms with Crippen LogP contribution in [0.4, 0.5) is 0 Å². The van der Waals surface area contributed by atoms with Crippen LogP contribution in [0.15, 0.2) is 54.2 Å². The summed E-state index contributed by atoms with van der Waals surface area (Å²) < 4.78 is 0. The van der Waals surface area contributed by atoms with E-state index in [9.17, 15) is 4.79 Å². The lowest BCUT2D eigenvalue weighted by atomic mass is 10.2. The van der Waals surface area contributed by atoms with Crippen LogP contribution in [0.25, 0.3) is 10.6 Å². The van der Waals surface area contributed by atoms with E-state index in [1.807, 2.05) is 48.6 Å². The van der Waals surface area contributed by atoms with E-state index in [-0.39, 0.29) is 5.91 Å². The summed E-state index contributed by atoms with van der Waals surface area (Å²) in [5.41, 5.74) is 3.76. The molecule has 3 rings (SSSR count). The van der Waals surface area contributed by atoms with Crippen LogP contribution in [0.5, 0.6) is 0 Å². The van der Waals surface area contributed by atoms with Crippen molar-refractivity contribution in [3.05, 3.63) is 71.0 Å². The van der Waals surface area contributed by atoms with E-state index >= 15 is 0 Å². The molecule has 0 aliphatic carbocycles. The average molecular weight is 381 g/mol. The molecule has 27 heavy (non-hydrogen) atoms. The van der Waals surface area contributed by atoms with Crippen molar-refractivity contribution < 1.29 is 4.79 Å². The zero-order chi connectivity index (χ0) is 19.2. The second-order valence-electron chi connectivity index (χ2n) is 6.80. The summed E-state index contributed by atoms with van der Waals surface area (Å²) in [6.07, 6.45) is 3.54. The van der Waals surface area contributed by atoms with Gasteiger partial charge >= 0.3 is 0 Å². The van der Waals surface area contributed by atoms with Gasteiger partial charge in [-0.3, -0.25) is 9.78 Å². The second kappa shape index (κ2) is 8.88. The molecule has 2 aromatic heterocycles. The molecule has 2 heterocycles. The van der Waals surface area contributed by atoms with Crippen molar-refractivity contribution in [2.24, 2.45) is 0 Å². The maximum Gasteiger partial charge on any atom is 0.273 e. The lowest BCUT2D eigenvalue weighted by Gasteiger charge is -2.23.